The molecule has 0 aromatic carbocycles. The summed E-state index contributed by atoms with van der Waals surface area (Å²) in [6, 6.07) is 0.0984. The van der Waals surface area contributed by atoms with Crippen LogP contribution in [0.4, 0.5) is 0 Å². The van der Waals surface area contributed by atoms with Crippen molar-refractivity contribution in [2.75, 3.05) is 6.54 Å². The largest absolute Gasteiger partial charge is 0.336 e. The Morgan fingerprint density at radius 2 is 2.40 bits per heavy atom. The molecule has 80 valence electrons. The first-order chi connectivity index (χ1) is 7.33. The zero-order valence-electron chi connectivity index (χ0n) is 8.84. The first-order valence-electron chi connectivity index (χ1n) is 4.91. The number of hydrogen-bond acceptors (Lipinski definition) is 4. The predicted octanol–water partition coefficient (Wildman–Crippen LogP) is 1.58. The summed E-state index contributed by atoms with van der Waals surface area (Å²) < 4.78 is 2.02. The molecule has 1 atom stereocenters. The maximum atomic E-state index is 4.36. The van der Waals surface area contributed by atoms with Gasteiger partial charge in [-0.1, -0.05) is 6.92 Å². The van der Waals surface area contributed by atoms with E-state index in [9.17, 15) is 0 Å². The fourth-order valence-electron chi connectivity index (χ4n) is 1.55. The molecule has 2 heterocycles. The van der Waals surface area contributed by atoms with Crippen LogP contribution in [0.2, 0.25) is 0 Å². The van der Waals surface area contributed by atoms with Gasteiger partial charge in [0, 0.05) is 24.8 Å². The number of aryl methyl sites for hydroxylation is 1. The van der Waals surface area contributed by atoms with Crippen molar-refractivity contribution in [1.82, 2.24) is 19.9 Å². The molecule has 0 bridgehead atoms. The van der Waals surface area contributed by atoms with E-state index in [4.69, 9.17) is 0 Å². The van der Waals surface area contributed by atoms with Crippen molar-refractivity contribution in [2.24, 2.45) is 7.05 Å². The van der Waals surface area contributed by atoms with E-state index in [1.54, 1.807) is 11.3 Å². The summed E-state index contributed by atoms with van der Waals surface area (Å²) >= 11 is 1.61. The quantitative estimate of drug-likeness (QED) is 0.854. The van der Waals surface area contributed by atoms with E-state index in [1.807, 2.05) is 29.5 Å². The van der Waals surface area contributed by atoms with Gasteiger partial charge in [-0.3, -0.25) is 0 Å². The molecule has 0 aliphatic heterocycles. The van der Waals surface area contributed by atoms with Gasteiger partial charge < -0.3 is 9.88 Å². The first kappa shape index (κ1) is 10.3. The van der Waals surface area contributed by atoms with Crippen molar-refractivity contribution in [3.8, 4) is 0 Å². The van der Waals surface area contributed by atoms with E-state index in [0.717, 1.165) is 18.1 Å². The highest BCUT2D eigenvalue weighted by Crippen LogP contribution is 2.19. The van der Waals surface area contributed by atoms with Gasteiger partial charge >= 0.3 is 0 Å². The number of nitrogens with zero attached hydrogens (tertiary/aromatic N) is 3. The lowest BCUT2D eigenvalue weighted by Gasteiger charge is -2.15. The van der Waals surface area contributed by atoms with Crippen LogP contribution in [0.1, 0.15) is 24.5 Å². The van der Waals surface area contributed by atoms with Gasteiger partial charge in [0.2, 0.25) is 0 Å². The van der Waals surface area contributed by atoms with E-state index in [1.165, 1.54) is 0 Å². The highest BCUT2D eigenvalue weighted by atomic mass is 32.1. The smallest absolute Gasteiger partial charge is 0.131 e. The normalized spacial score (nSPS) is 12.9. The van der Waals surface area contributed by atoms with E-state index in [0.29, 0.717) is 0 Å². The molecule has 1 unspecified atom stereocenters. The highest BCUT2D eigenvalue weighted by molar-refractivity contribution is 7.07. The SMILES string of the molecule is CCNC(c1cscn1)c1nccn1C. The maximum absolute atomic E-state index is 4.36. The second-order valence-corrected chi connectivity index (χ2v) is 4.02. The van der Waals surface area contributed by atoms with Crippen LogP contribution in [-0.4, -0.2) is 21.1 Å². The molecule has 2 rings (SSSR count). The summed E-state index contributed by atoms with van der Waals surface area (Å²) in [6.45, 7) is 2.98. The summed E-state index contributed by atoms with van der Waals surface area (Å²) in [6.07, 6.45) is 3.76. The summed E-state index contributed by atoms with van der Waals surface area (Å²) in [5.74, 6) is 1.00. The zero-order chi connectivity index (χ0) is 10.7. The van der Waals surface area contributed by atoms with Gasteiger partial charge in [0.25, 0.3) is 0 Å². The van der Waals surface area contributed by atoms with Crippen LogP contribution in [0.25, 0.3) is 0 Å². The minimum atomic E-state index is 0.0984. The number of hydrogen-bond donors (Lipinski definition) is 1. The summed E-state index contributed by atoms with van der Waals surface area (Å²) in [7, 11) is 2.00. The maximum Gasteiger partial charge on any atom is 0.131 e. The molecular weight excluding hydrogens is 208 g/mol. The van der Waals surface area contributed by atoms with Crippen LogP contribution in [0, 0.1) is 0 Å². The van der Waals surface area contributed by atoms with Crippen molar-refractivity contribution in [1.29, 1.82) is 0 Å². The third-order valence-corrected chi connectivity index (χ3v) is 2.88. The Labute approximate surface area is 93.0 Å². The molecule has 0 spiro atoms. The molecule has 2 aromatic rings. The summed E-state index contributed by atoms with van der Waals surface area (Å²) in [5, 5.41) is 5.45. The lowest BCUT2D eigenvalue weighted by atomic mass is 10.2. The molecule has 5 heteroatoms. The van der Waals surface area contributed by atoms with Gasteiger partial charge in [0.05, 0.1) is 11.2 Å². The van der Waals surface area contributed by atoms with Crippen LogP contribution in [0.3, 0.4) is 0 Å². The van der Waals surface area contributed by atoms with Gasteiger partial charge in [-0.05, 0) is 6.54 Å². The molecule has 0 saturated heterocycles. The topological polar surface area (TPSA) is 42.7 Å². The Balaban J connectivity index is 2.32. The van der Waals surface area contributed by atoms with E-state index in [-0.39, 0.29) is 6.04 Å². The first-order valence-corrected chi connectivity index (χ1v) is 5.86. The van der Waals surface area contributed by atoms with Gasteiger partial charge in [-0.25, -0.2) is 9.97 Å². The lowest BCUT2D eigenvalue weighted by Crippen LogP contribution is -2.25. The van der Waals surface area contributed by atoms with Crippen molar-refractivity contribution >= 4 is 11.3 Å². The van der Waals surface area contributed by atoms with Crippen molar-refractivity contribution < 1.29 is 0 Å². The Morgan fingerprint density at radius 1 is 1.53 bits per heavy atom. The molecule has 0 fully saturated rings. The number of thiazole rings is 1. The Hall–Kier alpha value is -1.20. The second-order valence-electron chi connectivity index (χ2n) is 3.30. The molecule has 4 nitrogen and oxygen atoms in total. The summed E-state index contributed by atoms with van der Waals surface area (Å²) in [5.41, 5.74) is 2.89. The average molecular weight is 222 g/mol. The molecule has 0 aliphatic rings. The number of nitrogens with one attached hydrogen (secondary N) is 1. The number of imidazole rings is 1. The molecule has 15 heavy (non-hydrogen) atoms. The third kappa shape index (κ3) is 2.08. The molecule has 0 aliphatic carbocycles. The van der Waals surface area contributed by atoms with Crippen LogP contribution < -0.4 is 5.32 Å². The van der Waals surface area contributed by atoms with Crippen molar-refractivity contribution in [2.45, 2.75) is 13.0 Å². The fraction of sp³-hybridized carbons (Fsp3) is 0.400. The fourth-order valence-corrected chi connectivity index (χ4v) is 2.13. The van der Waals surface area contributed by atoms with E-state index in [2.05, 4.69) is 27.6 Å². The second kappa shape index (κ2) is 4.55. The molecule has 0 amide bonds. The Morgan fingerprint density at radius 3 is 2.93 bits per heavy atom. The molecular formula is C10H14N4S. The van der Waals surface area contributed by atoms with Crippen LogP contribution >= 0.6 is 11.3 Å². The van der Waals surface area contributed by atoms with Gasteiger partial charge in [-0.2, -0.15) is 0 Å². The van der Waals surface area contributed by atoms with E-state index < -0.39 is 0 Å². The summed E-state index contributed by atoms with van der Waals surface area (Å²) in [4.78, 5) is 8.69. The van der Waals surface area contributed by atoms with Gasteiger partial charge in [0.15, 0.2) is 0 Å². The monoisotopic (exact) mass is 222 g/mol. The van der Waals surface area contributed by atoms with E-state index >= 15 is 0 Å². The standard InChI is InChI=1S/C10H14N4S/c1-3-11-9(8-6-15-7-13-8)10-12-4-5-14(10)2/h4-7,9,11H,3H2,1-2H3. The lowest BCUT2D eigenvalue weighted by molar-refractivity contribution is 0.567. The van der Waals surface area contributed by atoms with Crippen LogP contribution in [0.15, 0.2) is 23.3 Å². The van der Waals surface area contributed by atoms with Crippen molar-refractivity contribution in [3.05, 3.63) is 34.8 Å². The molecule has 1 N–H and O–H groups in total. The van der Waals surface area contributed by atoms with Crippen LogP contribution in [0.5, 0.6) is 0 Å². The third-order valence-electron chi connectivity index (χ3n) is 2.27. The predicted molar refractivity (Wildman–Crippen MR) is 60.8 cm³/mol. The molecule has 0 saturated carbocycles. The molecule has 0 radical (unpaired) electrons. The van der Waals surface area contributed by atoms with Gasteiger partial charge in [0.1, 0.15) is 11.9 Å². The Kier molecular flexibility index (Phi) is 3.13. The minimum Gasteiger partial charge on any atom is -0.336 e. The highest BCUT2D eigenvalue weighted by Gasteiger charge is 2.18. The Bertz CT molecular complexity index is 407. The minimum absolute atomic E-state index is 0.0984. The average Bonchev–Trinajstić information content (AvgIpc) is 2.85. The molecule has 2 aromatic heterocycles. The number of aromatic nitrogens is 3. The van der Waals surface area contributed by atoms with Crippen LogP contribution in [-0.2, 0) is 7.05 Å². The van der Waals surface area contributed by atoms with Crippen molar-refractivity contribution in [3.63, 3.8) is 0 Å². The van der Waals surface area contributed by atoms with Gasteiger partial charge in [-0.15, -0.1) is 11.3 Å². The zero-order valence-corrected chi connectivity index (χ0v) is 9.66. The number of rotatable bonds is 4.